The smallest absolute Gasteiger partial charge is 0.306 e. The predicted octanol–water partition coefficient (Wildman–Crippen LogP) is 1.50. The highest BCUT2D eigenvalue weighted by Crippen LogP contribution is 2.51. The number of carbonyl (C=O) groups excluding carboxylic acids is 1. The Bertz CT molecular complexity index is 583. The van der Waals surface area contributed by atoms with Crippen LogP contribution in [0.5, 0.6) is 0 Å². The Labute approximate surface area is 129 Å². The van der Waals surface area contributed by atoms with Gasteiger partial charge in [-0.1, -0.05) is 13.8 Å². The molecule has 1 N–H and O–H groups in total. The van der Waals surface area contributed by atoms with E-state index in [2.05, 4.69) is 24.3 Å². The molecule has 1 fully saturated rings. The minimum atomic E-state index is -0.508. The standard InChI is InChI=1S/C14H22N4O4/c1-13(2)11(7-14(13,3)22-4)16-12(19)5-6-17-9-10(8-15-17)18(20)21/h8-9,11H,5-7H2,1-4H3,(H,16,19). The van der Waals surface area contributed by atoms with Gasteiger partial charge in [0.15, 0.2) is 0 Å². The fourth-order valence-corrected chi connectivity index (χ4v) is 2.77. The quantitative estimate of drug-likeness (QED) is 0.634. The number of aryl methyl sites for hydroxylation is 1. The van der Waals surface area contributed by atoms with Gasteiger partial charge in [-0.05, 0) is 13.3 Å². The average Bonchev–Trinajstić information content (AvgIpc) is 2.93. The molecule has 2 atom stereocenters. The fourth-order valence-electron chi connectivity index (χ4n) is 2.77. The normalized spacial score (nSPS) is 26.3. The Balaban J connectivity index is 1.83. The summed E-state index contributed by atoms with van der Waals surface area (Å²) in [6.45, 7) is 6.50. The summed E-state index contributed by atoms with van der Waals surface area (Å²) in [4.78, 5) is 22.1. The van der Waals surface area contributed by atoms with E-state index >= 15 is 0 Å². The van der Waals surface area contributed by atoms with Crippen molar-refractivity contribution in [3.8, 4) is 0 Å². The summed E-state index contributed by atoms with van der Waals surface area (Å²) in [5.74, 6) is -0.0885. The van der Waals surface area contributed by atoms with Crippen LogP contribution in [0.4, 0.5) is 5.69 Å². The van der Waals surface area contributed by atoms with Crippen LogP contribution in [0.15, 0.2) is 12.4 Å². The van der Waals surface area contributed by atoms with Gasteiger partial charge in [0.2, 0.25) is 5.91 Å². The van der Waals surface area contributed by atoms with Crippen LogP contribution in [0.2, 0.25) is 0 Å². The van der Waals surface area contributed by atoms with Gasteiger partial charge in [-0.2, -0.15) is 5.10 Å². The van der Waals surface area contributed by atoms with Crippen LogP contribution in [0.3, 0.4) is 0 Å². The van der Waals surface area contributed by atoms with Crippen LogP contribution in [0, 0.1) is 15.5 Å². The number of amides is 1. The molecule has 122 valence electrons. The second-order valence-electron chi connectivity index (χ2n) is 6.45. The second kappa shape index (κ2) is 5.68. The molecule has 1 aromatic rings. The largest absolute Gasteiger partial charge is 0.378 e. The molecule has 0 aliphatic heterocycles. The molecule has 8 heteroatoms. The van der Waals surface area contributed by atoms with Gasteiger partial charge in [0.25, 0.3) is 0 Å². The predicted molar refractivity (Wildman–Crippen MR) is 79.2 cm³/mol. The van der Waals surface area contributed by atoms with Crippen molar-refractivity contribution in [1.29, 1.82) is 0 Å². The van der Waals surface area contributed by atoms with Gasteiger partial charge in [-0.3, -0.25) is 19.6 Å². The molecule has 8 nitrogen and oxygen atoms in total. The van der Waals surface area contributed by atoms with Gasteiger partial charge in [0.05, 0.1) is 10.5 Å². The van der Waals surface area contributed by atoms with Crippen LogP contribution in [-0.4, -0.2) is 39.4 Å². The number of nitro groups is 1. The molecule has 2 rings (SSSR count). The number of hydrogen-bond acceptors (Lipinski definition) is 5. The maximum atomic E-state index is 12.0. The van der Waals surface area contributed by atoms with E-state index in [9.17, 15) is 14.9 Å². The molecule has 0 aromatic carbocycles. The van der Waals surface area contributed by atoms with Crippen LogP contribution >= 0.6 is 0 Å². The van der Waals surface area contributed by atoms with Crippen molar-refractivity contribution in [2.75, 3.05) is 7.11 Å². The Morgan fingerprint density at radius 3 is 2.77 bits per heavy atom. The van der Waals surface area contributed by atoms with E-state index < -0.39 is 4.92 Å². The van der Waals surface area contributed by atoms with E-state index in [0.29, 0.717) is 6.54 Å². The third-order valence-electron chi connectivity index (χ3n) is 5.01. The second-order valence-corrected chi connectivity index (χ2v) is 6.45. The first-order valence-electron chi connectivity index (χ1n) is 7.21. The summed E-state index contributed by atoms with van der Waals surface area (Å²) in [5, 5.41) is 17.4. The summed E-state index contributed by atoms with van der Waals surface area (Å²) in [6, 6.07) is 0.0666. The Morgan fingerprint density at radius 2 is 2.27 bits per heavy atom. The first-order chi connectivity index (χ1) is 10.2. The molecule has 0 saturated heterocycles. The molecule has 1 saturated carbocycles. The molecule has 2 unspecified atom stereocenters. The van der Waals surface area contributed by atoms with E-state index in [1.54, 1.807) is 7.11 Å². The van der Waals surface area contributed by atoms with Gasteiger partial charge < -0.3 is 10.1 Å². The highest BCUT2D eigenvalue weighted by molar-refractivity contribution is 5.76. The monoisotopic (exact) mass is 310 g/mol. The molecule has 1 heterocycles. The number of rotatable bonds is 6. The highest BCUT2D eigenvalue weighted by atomic mass is 16.6. The number of ether oxygens (including phenoxy) is 1. The molecular weight excluding hydrogens is 288 g/mol. The number of nitrogens with one attached hydrogen (secondary N) is 1. The van der Waals surface area contributed by atoms with E-state index in [1.165, 1.54) is 17.1 Å². The third-order valence-corrected chi connectivity index (χ3v) is 5.01. The number of aromatic nitrogens is 2. The van der Waals surface area contributed by atoms with E-state index in [-0.39, 0.29) is 35.1 Å². The van der Waals surface area contributed by atoms with Crippen LogP contribution in [-0.2, 0) is 16.1 Å². The molecule has 1 aromatic heterocycles. The SMILES string of the molecule is COC1(C)CC(NC(=O)CCn2cc([N+](=O)[O-])cn2)C1(C)C. The number of hydrogen-bond donors (Lipinski definition) is 1. The molecule has 1 amide bonds. The fraction of sp³-hybridized carbons (Fsp3) is 0.714. The summed E-state index contributed by atoms with van der Waals surface area (Å²) >= 11 is 0. The number of nitrogens with zero attached hydrogens (tertiary/aromatic N) is 3. The molecule has 0 bridgehead atoms. The lowest BCUT2D eigenvalue weighted by molar-refractivity contribution is -0.385. The lowest BCUT2D eigenvalue weighted by Gasteiger charge is -2.59. The van der Waals surface area contributed by atoms with Crippen molar-refractivity contribution in [2.45, 2.75) is 51.8 Å². The van der Waals surface area contributed by atoms with Crippen LogP contribution in [0.1, 0.15) is 33.6 Å². The minimum Gasteiger partial charge on any atom is -0.378 e. The van der Waals surface area contributed by atoms with Crippen molar-refractivity contribution in [2.24, 2.45) is 5.41 Å². The summed E-state index contributed by atoms with van der Waals surface area (Å²) < 4.78 is 6.93. The lowest BCUT2D eigenvalue weighted by atomic mass is 9.56. The topological polar surface area (TPSA) is 99.3 Å². The van der Waals surface area contributed by atoms with E-state index in [0.717, 1.165) is 6.42 Å². The molecule has 1 aliphatic carbocycles. The minimum absolute atomic E-state index is 0.0666. The van der Waals surface area contributed by atoms with Crippen molar-refractivity contribution < 1.29 is 14.5 Å². The van der Waals surface area contributed by atoms with E-state index in [1.807, 2.05) is 6.92 Å². The van der Waals surface area contributed by atoms with Gasteiger partial charge in [0.1, 0.15) is 12.4 Å². The molecule has 0 radical (unpaired) electrons. The number of methoxy groups -OCH3 is 1. The van der Waals surface area contributed by atoms with Crippen LogP contribution in [0.25, 0.3) is 0 Å². The van der Waals surface area contributed by atoms with Gasteiger partial charge >= 0.3 is 5.69 Å². The summed E-state index contributed by atoms with van der Waals surface area (Å²) in [6.07, 6.45) is 3.50. The Morgan fingerprint density at radius 1 is 1.59 bits per heavy atom. The van der Waals surface area contributed by atoms with Crippen LogP contribution < -0.4 is 5.32 Å². The highest BCUT2D eigenvalue weighted by Gasteiger charge is 2.58. The summed E-state index contributed by atoms with van der Waals surface area (Å²) in [7, 11) is 1.68. The van der Waals surface area contributed by atoms with Crippen molar-refractivity contribution in [3.05, 3.63) is 22.5 Å². The van der Waals surface area contributed by atoms with Crippen molar-refractivity contribution in [3.63, 3.8) is 0 Å². The number of carbonyl (C=O) groups is 1. The maximum Gasteiger partial charge on any atom is 0.306 e. The molecular formula is C14H22N4O4. The Kier molecular flexibility index (Phi) is 4.23. The molecule has 0 spiro atoms. The van der Waals surface area contributed by atoms with Gasteiger partial charge in [-0.25, -0.2) is 0 Å². The third kappa shape index (κ3) is 2.83. The van der Waals surface area contributed by atoms with Crippen molar-refractivity contribution in [1.82, 2.24) is 15.1 Å². The molecule has 22 heavy (non-hydrogen) atoms. The van der Waals surface area contributed by atoms with Crippen molar-refractivity contribution >= 4 is 11.6 Å². The first-order valence-corrected chi connectivity index (χ1v) is 7.21. The Hall–Kier alpha value is -1.96. The zero-order valence-electron chi connectivity index (χ0n) is 13.3. The first kappa shape index (κ1) is 16.4. The van der Waals surface area contributed by atoms with E-state index in [4.69, 9.17) is 4.74 Å². The van der Waals surface area contributed by atoms with Gasteiger partial charge in [-0.15, -0.1) is 0 Å². The molecule has 1 aliphatic rings. The van der Waals surface area contributed by atoms with Gasteiger partial charge in [0, 0.05) is 31.5 Å². The zero-order chi connectivity index (χ0) is 16.5. The maximum absolute atomic E-state index is 12.0. The lowest BCUT2D eigenvalue weighted by Crippen LogP contribution is -2.68. The average molecular weight is 310 g/mol. The zero-order valence-corrected chi connectivity index (χ0v) is 13.3. The summed E-state index contributed by atoms with van der Waals surface area (Å²) in [5.41, 5.74) is -0.438.